The first kappa shape index (κ1) is 17.7. The predicted octanol–water partition coefficient (Wildman–Crippen LogP) is 2.80. The van der Waals surface area contributed by atoms with Crippen molar-refractivity contribution in [3.8, 4) is 0 Å². The van der Waals surface area contributed by atoms with Gasteiger partial charge in [0.25, 0.3) is 0 Å². The van der Waals surface area contributed by atoms with Gasteiger partial charge in [0.15, 0.2) is 5.78 Å². The molecule has 1 aromatic carbocycles. The Labute approximate surface area is 139 Å². The van der Waals surface area contributed by atoms with Gasteiger partial charge in [0.05, 0.1) is 0 Å². The van der Waals surface area contributed by atoms with Crippen LogP contribution in [0.2, 0.25) is 0 Å². The fourth-order valence-electron chi connectivity index (χ4n) is 2.97. The number of benzene rings is 1. The van der Waals surface area contributed by atoms with Crippen molar-refractivity contribution in [3.63, 3.8) is 0 Å². The molecule has 126 valence electrons. The molecule has 0 radical (unpaired) electrons. The molecule has 4 nitrogen and oxygen atoms in total. The monoisotopic (exact) mass is 316 g/mol. The number of piperidine rings is 1. The summed E-state index contributed by atoms with van der Waals surface area (Å²) >= 11 is 0. The molecule has 1 aliphatic heterocycles. The number of amides is 1. The van der Waals surface area contributed by atoms with Gasteiger partial charge in [-0.1, -0.05) is 38.1 Å². The smallest absolute Gasteiger partial charge is 0.223 e. The van der Waals surface area contributed by atoms with Crippen molar-refractivity contribution >= 4 is 11.7 Å². The fraction of sp³-hybridized carbons (Fsp3) is 0.579. The summed E-state index contributed by atoms with van der Waals surface area (Å²) in [5.74, 6) is 0.719. The lowest BCUT2D eigenvalue weighted by Crippen LogP contribution is -2.42. The zero-order chi connectivity index (χ0) is 16.8. The predicted molar refractivity (Wildman–Crippen MR) is 92.3 cm³/mol. The summed E-state index contributed by atoms with van der Waals surface area (Å²) in [4.78, 5) is 26.2. The average Bonchev–Trinajstić information content (AvgIpc) is 2.53. The first-order valence-electron chi connectivity index (χ1n) is 8.61. The number of rotatable bonds is 6. The van der Waals surface area contributed by atoms with E-state index in [2.05, 4.69) is 13.8 Å². The van der Waals surface area contributed by atoms with Crippen LogP contribution in [0.5, 0.6) is 0 Å². The van der Waals surface area contributed by atoms with Crippen LogP contribution in [-0.4, -0.2) is 35.7 Å². The Morgan fingerprint density at radius 1 is 1.13 bits per heavy atom. The van der Waals surface area contributed by atoms with E-state index in [1.807, 2.05) is 29.2 Å². The summed E-state index contributed by atoms with van der Waals surface area (Å²) in [5.41, 5.74) is 7.79. The van der Waals surface area contributed by atoms with Crippen LogP contribution in [0.3, 0.4) is 0 Å². The second-order valence-corrected chi connectivity index (χ2v) is 6.94. The third-order valence-electron chi connectivity index (χ3n) is 4.38. The second kappa shape index (κ2) is 8.25. The fourth-order valence-corrected chi connectivity index (χ4v) is 2.97. The van der Waals surface area contributed by atoms with Crippen LogP contribution in [0, 0.1) is 5.92 Å². The summed E-state index contributed by atoms with van der Waals surface area (Å²) in [7, 11) is 0. The molecule has 2 N–H and O–H groups in total. The Kier molecular flexibility index (Phi) is 6.34. The molecule has 4 heteroatoms. The highest BCUT2D eigenvalue weighted by molar-refractivity contribution is 5.98. The molecule has 2 rings (SSSR count). The number of hydrogen-bond donors (Lipinski definition) is 1. The van der Waals surface area contributed by atoms with E-state index in [4.69, 9.17) is 5.73 Å². The van der Waals surface area contributed by atoms with Crippen LogP contribution in [0.25, 0.3) is 0 Å². The Balaban J connectivity index is 1.81. The van der Waals surface area contributed by atoms with Crippen LogP contribution < -0.4 is 5.73 Å². The molecule has 0 bridgehead atoms. The van der Waals surface area contributed by atoms with Gasteiger partial charge in [0, 0.05) is 37.5 Å². The van der Waals surface area contributed by atoms with Crippen molar-refractivity contribution in [2.24, 2.45) is 11.7 Å². The second-order valence-electron chi connectivity index (χ2n) is 6.94. The normalized spacial score (nSPS) is 15.9. The maximum Gasteiger partial charge on any atom is 0.223 e. The van der Waals surface area contributed by atoms with E-state index in [0.717, 1.165) is 32.4 Å². The van der Waals surface area contributed by atoms with E-state index in [-0.39, 0.29) is 24.2 Å². The van der Waals surface area contributed by atoms with E-state index in [0.29, 0.717) is 17.9 Å². The topological polar surface area (TPSA) is 63.4 Å². The number of nitrogens with two attached hydrogens (primary N) is 1. The molecule has 1 heterocycles. The molecule has 0 saturated carbocycles. The van der Waals surface area contributed by atoms with Gasteiger partial charge in [-0.05, 0) is 30.7 Å². The number of nitrogens with zero attached hydrogens (tertiary/aromatic N) is 1. The van der Waals surface area contributed by atoms with Gasteiger partial charge in [-0.25, -0.2) is 0 Å². The third-order valence-corrected chi connectivity index (χ3v) is 4.38. The Bertz CT molecular complexity index is 529. The summed E-state index contributed by atoms with van der Waals surface area (Å²) in [6.45, 7) is 5.80. The molecule has 1 fully saturated rings. The van der Waals surface area contributed by atoms with E-state index in [9.17, 15) is 9.59 Å². The van der Waals surface area contributed by atoms with Crippen molar-refractivity contribution in [1.29, 1.82) is 0 Å². The van der Waals surface area contributed by atoms with Crippen molar-refractivity contribution < 1.29 is 9.59 Å². The Hall–Kier alpha value is -1.68. The maximum atomic E-state index is 12.2. The van der Waals surface area contributed by atoms with Gasteiger partial charge < -0.3 is 10.6 Å². The van der Waals surface area contributed by atoms with Gasteiger partial charge in [-0.3, -0.25) is 9.59 Å². The lowest BCUT2D eigenvalue weighted by atomic mass is 9.99. The highest BCUT2D eigenvalue weighted by Gasteiger charge is 2.21. The first-order chi connectivity index (χ1) is 11.0. The molecular weight excluding hydrogens is 288 g/mol. The number of Topliss-reactive ketones (excluding diaryl/α,β-unsaturated/α-hetero) is 1. The van der Waals surface area contributed by atoms with Crippen molar-refractivity contribution in [3.05, 3.63) is 35.4 Å². The Morgan fingerprint density at radius 2 is 1.74 bits per heavy atom. The quantitative estimate of drug-likeness (QED) is 0.821. The van der Waals surface area contributed by atoms with Crippen molar-refractivity contribution in [2.75, 3.05) is 13.1 Å². The largest absolute Gasteiger partial charge is 0.343 e. The minimum atomic E-state index is 0.0446. The number of carbonyl (C=O) groups is 2. The summed E-state index contributed by atoms with van der Waals surface area (Å²) in [6, 6.07) is 8.00. The molecule has 1 aliphatic rings. The van der Waals surface area contributed by atoms with Crippen LogP contribution in [0.15, 0.2) is 24.3 Å². The van der Waals surface area contributed by atoms with E-state index in [1.165, 1.54) is 5.56 Å². The molecule has 1 saturated heterocycles. The molecule has 23 heavy (non-hydrogen) atoms. The molecule has 0 aromatic heterocycles. The summed E-state index contributed by atoms with van der Waals surface area (Å²) in [6.07, 6.45) is 3.31. The number of carbonyl (C=O) groups excluding carboxylic acids is 2. The molecule has 1 amide bonds. The van der Waals surface area contributed by atoms with Crippen LogP contribution in [-0.2, 0) is 11.2 Å². The number of likely N-dealkylation sites (tertiary alicyclic amines) is 1. The molecule has 0 atom stereocenters. The highest BCUT2D eigenvalue weighted by atomic mass is 16.2. The zero-order valence-corrected chi connectivity index (χ0v) is 14.3. The van der Waals surface area contributed by atoms with Gasteiger partial charge in [-0.15, -0.1) is 0 Å². The lowest BCUT2D eigenvalue weighted by Gasteiger charge is -2.30. The molecular formula is C19H28N2O2. The molecule has 0 unspecified atom stereocenters. The van der Waals surface area contributed by atoms with Crippen LogP contribution in [0.4, 0.5) is 0 Å². The highest BCUT2D eigenvalue weighted by Crippen LogP contribution is 2.14. The van der Waals surface area contributed by atoms with Gasteiger partial charge in [0.2, 0.25) is 5.91 Å². The standard InChI is InChI=1S/C19H28N2O2/c1-14(2)13-15-3-5-16(6-4-15)18(22)7-8-19(23)21-11-9-17(20)10-12-21/h3-6,14,17H,7-13,20H2,1-2H3. The van der Waals surface area contributed by atoms with Crippen LogP contribution >= 0.6 is 0 Å². The third kappa shape index (κ3) is 5.47. The lowest BCUT2D eigenvalue weighted by molar-refractivity contribution is -0.132. The molecule has 1 aromatic rings. The average molecular weight is 316 g/mol. The first-order valence-corrected chi connectivity index (χ1v) is 8.61. The minimum absolute atomic E-state index is 0.0446. The van der Waals surface area contributed by atoms with E-state index < -0.39 is 0 Å². The molecule has 0 aliphatic carbocycles. The number of ketones is 1. The van der Waals surface area contributed by atoms with Gasteiger partial charge in [0.1, 0.15) is 0 Å². The minimum Gasteiger partial charge on any atom is -0.343 e. The van der Waals surface area contributed by atoms with Crippen molar-refractivity contribution in [1.82, 2.24) is 4.90 Å². The van der Waals surface area contributed by atoms with Gasteiger partial charge in [-0.2, -0.15) is 0 Å². The maximum absolute atomic E-state index is 12.2. The summed E-state index contributed by atoms with van der Waals surface area (Å²) < 4.78 is 0. The van der Waals surface area contributed by atoms with Crippen molar-refractivity contribution in [2.45, 2.75) is 52.0 Å². The molecule has 0 spiro atoms. The zero-order valence-electron chi connectivity index (χ0n) is 14.3. The van der Waals surface area contributed by atoms with Crippen LogP contribution in [0.1, 0.15) is 55.5 Å². The summed E-state index contributed by atoms with van der Waals surface area (Å²) in [5, 5.41) is 0. The van der Waals surface area contributed by atoms with E-state index >= 15 is 0 Å². The SMILES string of the molecule is CC(C)Cc1ccc(C(=O)CCC(=O)N2CCC(N)CC2)cc1. The Morgan fingerprint density at radius 3 is 2.30 bits per heavy atom. The van der Waals surface area contributed by atoms with E-state index in [1.54, 1.807) is 0 Å². The van der Waals surface area contributed by atoms with Gasteiger partial charge >= 0.3 is 0 Å². The number of hydrogen-bond acceptors (Lipinski definition) is 3.